The first-order valence-electron chi connectivity index (χ1n) is 6.22. The summed E-state index contributed by atoms with van der Waals surface area (Å²) in [7, 11) is 0. The molecular weight excluding hydrogens is 372 g/mol. The number of carbonyl (C=O) groups is 1. The van der Waals surface area contributed by atoms with Crippen molar-refractivity contribution in [3.63, 3.8) is 0 Å². The van der Waals surface area contributed by atoms with Gasteiger partial charge in [-0.15, -0.1) is 0 Å². The molecule has 0 spiro atoms. The fourth-order valence-corrected chi connectivity index (χ4v) is 2.80. The molecule has 1 N–H and O–H groups in total. The SMILES string of the molecule is O=C1Nc2cc(Cl)ccc2C1=Cc1ccc(Br)c([N+](=O)[O-])c1. The third-order valence-electron chi connectivity index (χ3n) is 3.24. The Hall–Kier alpha value is -2.18. The maximum Gasteiger partial charge on any atom is 0.284 e. The van der Waals surface area contributed by atoms with E-state index in [2.05, 4.69) is 21.2 Å². The molecule has 0 saturated carbocycles. The van der Waals surface area contributed by atoms with Crippen LogP contribution in [-0.2, 0) is 4.79 Å². The van der Waals surface area contributed by atoms with Gasteiger partial charge < -0.3 is 5.32 Å². The molecule has 0 fully saturated rings. The van der Waals surface area contributed by atoms with E-state index in [0.29, 0.717) is 26.3 Å². The molecular formula is C15H8BrClN2O3. The number of amides is 1. The zero-order chi connectivity index (χ0) is 15.9. The van der Waals surface area contributed by atoms with Crippen molar-refractivity contribution in [3.8, 4) is 0 Å². The van der Waals surface area contributed by atoms with Crippen LogP contribution in [0.15, 0.2) is 40.9 Å². The predicted molar refractivity (Wildman–Crippen MR) is 88.7 cm³/mol. The highest BCUT2D eigenvalue weighted by atomic mass is 79.9. The molecule has 0 saturated heterocycles. The topological polar surface area (TPSA) is 72.2 Å². The van der Waals surface area contributed by atoms with E-state index in [0.717, 1.165) is 5.56 Å². The fraction of sp³-hybridized carbons (Fsp3) is 0. The van der Waals surface area contributed by atoms with Gasteiger partial charge >= 0.3 is 0 Å². The number of hydrogen-bond acceptors (Lipinski definition) is 3. The van der Waals surface area contributed by atoms with Crippen molar-refractivity contribution in [1.82, 2.24) is 0 Å². The second kappa shape index (κ2) is 5.55. The highest BCUT2D eigenvalue weighted by Gasteiger charge is 2.24. The minimum atomic E-state index is -0.478. The zero-order valence-corrected chi connectivity index (χ0v) is 13.3. The van der Waals surface area contributed by atoms with Crippen molar-refractivity contribution in [2.45, 2.75) is 0 Å². The first-order valence-corrected chi connectivity index (χ1v) is 7.40. The van der Waals surface area contributed by atoms with Crippen LogP contribution >= 0.6 is 27.5 Å². The zero-order valence-electron chi connectivity index (χ0n) is 11.0. The van der Waals surface area contributed by atoms with Crippen LogP contribution < -0.4 is 5.32 Å². The van der Waals surface area contributed by atoms with E-state index in [9.17, 15) is 14.9 Å². The normalized spacial score (nSPS) is 14.8. The second-order valence-electron chi connectivity index (χ2n) is 4.67. The van der Waals surface area contributed by atoms with Gasteiger partial charge in [0.1, 0.15) is 0 Å². The molecule has 0 unspecified atom stereocenters. The number of hydrogen-bond donors (Lipinski definition) is 1. The summed E-state index contributed by atoms with van der Waals surface area (Å²) in [6, 6.07) is 9.80. The molecule has 1 heterocycles. The second-order valence-corrected chi connectivity index (χ2v) is 5.96. The van der Waals surface area contributed by atoms with Crippen molar-refractivity contribution in [1.29, 1.82) is 0 Å². The van der Waals surface area contributed by atoms with Crippen LogP contribution in [0.3, 0.4) is 0 Å². The summed E-state index contributed by atoms with van der Waals surface area (Å²) in [4.78, 5) is 22.6. The van der Waals surface area contributed by atoms with Crippen molar-refractivity contribution in [2.75, 3.05) is 5.32 Å². The molecule has 3 rings (SSSR count). The fourth-order valence-electron chi connectivity index (χ4n) is 2.24. The standard InChI is InChI=1S/C15H8BrClN2O3/c16-12-4-1-8(6-14(12)19(21)22)5-11-10-3-2-9(17)7-13(10)18-15(11)20/h1-7H,(H,18,20). The van der Waals surface area contributed by atoms with Gasteiger partial charge in [-0.05, 0) is 45.8 Å². The van der Waals surface area contributed by atoms with Crippen LogP contribution in [0, 0.1) is 10.1 Å². The van der Waals surface area contributed by atoms with Crippen LogP contribution in [0.5, 0.6) is 0 Å². The lowest BCUT2D eigenvalue weighted by atomic mass is 10.0. The Morgan fingerprint density at radius 1 is 1.23 bits per heavy atom. The van der Waals surface area contributed by atoms with Crippen LogP contribution in [0.25, 0.3) is 11.6 Å². The van der Waals surface area contributed by atoms with Gasteiger partial charge in [-0.2, -0.15) is 0 Å². The molecule has 1 aliphatic rings. The Kier molecular flexibility index (Phi) is 3.72. The molecule has 0 bridgehead atoms. The van der Waals surface area contributed by atoms with Crippen LogP contribution in [0.1, 0.15) is 11.1 Å². The molecule has 0 atom stereocenters. The molecule has 2 aromatic rings. The van der Waals surface area contributed by atoms with Crippen LogP contribution in [0.4, 0.5) is 11.4 Å². The van der Waals surface area contributed by atoms with Gasteiger partial charge in [0.05, 0.1) is 15.1 Å². The predicted octanol–water partition coefficient (Wildman–Crippen LogP) is 4.50. The number of nitrogens with one attached hydrogen (secondary N) is 1. The summed E-state index contributed by atoms with van der Waals surface area (Å²) < 4.78 is 0.391. The van der Waals surface area contributed by atoms with E-state index >= 15 is 0 Å². The maximum absolute atomic E-state index is 12.1. The van der Waals surface area contributed by atoms with Crippen molar-refractivity contribution < 1.29 is 9.72 Å². The summed E-state index contributed by atoms with van der Waals surface area (Å²) in [5.41, 5.74) is 2.32. The average Bonchev–Trinajstić information content (AvgIpc) is 2.76. The third-order valence-corrected chi connectivity index (χ3v) is 4.15. The Bertz CT molecular complexity index is 849. The lowest BCUT2D eigenvalue weighted by Crippen LogP contribution is -2.03. The van der Waals surface area contributed by atoms with Gasteiger partial charge in [0, 0.05) is 22.2 Å². The smallest absolute Gasteiger partial charge is 0.284 e. The lowest BCUT2D eigenvalue weighted by molar-refractivity contribution is -0.385. The van der Waals surface area contributed by atoms with Gasteiger partial charge in [0.25, 0.3) is 11.6 Å². The molecule has 0 aromatic heterocycles. The monoisotopic (exact) mass is 378 g/mol. The van der Waals surface area contributed by atoms with E-state index in [-0.39, 0.29) is 11.6 Å². The Balaban J connectivity index is 2.09. The van der Waals surface area contributed by atoms with Crippen molar-refractivity contribution in [2.24, 2.45) is 0 Å². The molecule has 7 heteroatoms. The summed E-state index contributed by atoms with van der Waals surface area (Å²) in [6.45, 7) is 0. The Morgan fingerprint density at radius 2 is 2.00 bits per heavy atom. The largest absolute Gasteiger partial charge is 0.321 e. The first kappa shape index (κ1) is 14.7. The third kappa shape index (κ3) is 2.63. The summed E-state index contributed by atoms with van der Waals surface area (Å²) in [6.07, 6.45) is 1.62. The lowest BCUT2D eigenvalue weighted by Gasteiger charge is -2.01. The van der Waals surface area contributed by atoms with Gasteiger partial charge in [-0.1, -0.05) is 23.7 Å². The highest BCUT2D eigenvalue weighted by Crippen LogP contribution is 2.35. The summed E-state index contributed by atoms with van der Waals surface area (Å²) in [5.74, 6) is -0.261. The first-order chi connectivity index (χ1) is 10.5. The van der Waals surface area contributed by atoms with E-state index < -0.39 is 4.92 Å². The molecule has 0 aliphatic carbocycles. The minimum absolute atomic E-state index is 0.0518. The Labute approximate surface area is 138 Å². The molecule has 110 valence electrons. The van der Waals surface area contributed by atoms with Crippen LogP contribution in [0.2, 0.25) is 5.02 Å². The van der Waals surface area contributed by atoms with E-state index in [4.69, 9.17) is 11.6 Å². The molecule has 2 aromatic carbocycles. The summed E-state index contributed by atoms with van der Waals surface area (Å²) >= 11 is 9.03. The number of fused-ring (bicyclic) bond motifs is 1. The number of nitrogens with zero attached hydrogens (tertiary/aromatic N) is 1. The number of benzene rings is 2. The van der Waals surface area contributed by atoms with Crippen molar-refractivity contribution in [3.05, 3.63) is 67.1 Å². The quantitative estimate of drug-likeness (QED) is 0.474. The molecule has 22 heavy (non-hydrogen) atoms. The number of nitro groups is 1. The number of carbonyl (C=O) groups excluding carboxylic acids is 1. The van der Waals surface area contributed by atoms with Gasteiger partial charge in [-0.25, -0.2) is 0 Å². The number of rotatable bonds is 2. The number of nitro benzene ring substituents is 1. The Morgan fingerprint density at radius 3 is 2.73 bits per heavy atom. The minimum Gasteiger partial charge on any atom is -0.321 e. The van der Waals surface area contributed by atoms with E-state index in [1.807, 2.05) is 0 Å². The number of anilines is 1. The average molecular weight is 380 g/mol. The van der Waals surface area contributed by atoms with Gasteiger partial charge in [0.15, 0.2) is 0 Å². The highest BCUT2D eigenvalue weighted by molar-refractivity contribution is 9.10. The number of halogens is 2. The van der Waals surface area contributed by atoms with E-state index in [1.165, 1.54) is 6.07 Å². The van der Waals surface area contributed by atoms with Crippen molar-refractivity contribution >= 4 is 56.5 Å². The molecule has 1 amide bonds. The molecule has 1 aliphatic heterocycles. The van der Waals surface area contributed by atoms with Gasteiger partial charge in [-0.3, -0.25) is 14.9 Å². The maximum atomic E-state index is 12.1. The molecule has 5 nitrogen and oxygen atoms in total. The summed E-state index contributed by atoms with van der Waals surface area (Å²) in [5, 5.41) is 14.2. The van der Waals surface area contributed by atoms with E-state index in [1.54, 1.807) is 36.4 Å². The molecule has 0 radical (unpaired) electrons. The van der Waals surface area contributed by atoms with Gasteiger partial charge in [0.2, 0.25) is 0 Å². The van der Waals surface area contributed by atoms with Crippen LogP contribution in [-0.4, -0.2) is 10.8 Å².